The molecule has 0 N–H and O–H groups in total. The van der Waals surface area contributed by atoms with Crippen molar-refractivity contribution in [3.63, 3.8) is 0 Å². The van der Waals surface area contributed by atoms with Gasteiger partial charge in [0.05, 0.1) is 12.4 Å². The molecule has 6 heteroatoms. The molecule has 0 aliphatic rings. The Morgan fingerprint density at radius 3 is 2.26 bits per heavy atom. The molecule has 1 aromatic carbocycles. The highest BCUT2D eigenvalue weighted by atomic mass is 15.3. The van der Waals surface area contributed by atoms with Crippen molar-refractivity contribution in [2.24, 2.45) is 7.05 Å². The molecule has 0 aliphatic heterocycles. The minimum absolute atomic E-state index is 0.383. The third-order valence-electron chi connectivity index (χ3n) is 4.79. The number of benzene rings is 1. The van der Waals surface area contributed by atoms with Crippen LogP contribution in [0.25, 0.3) is 33.6 Å². The number of rotatable bonds is 5. The van der Waals surface area contributed by atoms with Gasteiger partial charge in [-0.05, 0) is 25.0 Å². The molecule has 6 nitrogen and oxygen atoms in total. The van der Waals surface area contributed by atoms with Crippen molar-refractivity contribution in [1.82, 2.24) is 29.5 Å². The van der Waals surface area contributed by atoms with Gasteiger partial charge in [0.25, 0.3) is 0 Å². The molecule has 0 bridgehead atoms. The van der Waals surface area contributed by atoms with Crippen LogP contribution in [0.15, 0.2) is 61.4 Å². The summed E-state index contributed by atoms with van der Waals surface area (Å²) in [7, 11) is 1.92. The monoisotopic (exact) mass is 358 g/mol. The number of hydrogen-bond donors (Lipinski definition) is 0. The number of aromatic nitrogens is 6. The van der Waals surface area contributed by atoms with E-state index in [4.69, 9.17) is 0 Å². The normalized spacial score (nSPS) is 12.3. The molecule has 0 saturated carbocycles. The lowest BCUT2D eigenvalue weighted by Gasteiger charge is -2.07. The molecule has 0 amide bonds. The summed E-state index contributed by atoms with van der Waals surface area (Å²) in [5.74, 6) is 0.707. The second-order valence-electron chi connectivity index (χ2n) is 6.75. The maximum Gasteiger partial charge on any atom is 0.159 e. The van der Waals surface area contributed by atoms with E-state index in [9.17, 15) is 0 Å². The fourth-order valence-electron chi connectivity index (χ4n) is 2.95. The quantitative estimate of drug-likeness (QED) is 0.531. The third-order valence-corrected chi connectivity index (χ3v) is 4.79. The van der Waals surface area contributed by atoms with Crippen molar-refractivity contribution >= 4 is 0 Å². The second kappa shape index (κ2) is 7.15. The lowest BCUT2D eigenvalue weighted by Crippen LogP contribution is -2.03. The van der Waals surface area contributed by atoms with E-state index in [-0.39, 0.29) is 0 Å². The minimum Gasteiger partial charge on any atom is -0.275 e. The number of hydrogen-bond acceptors (Lipinski definition) is 4. The smallest absolute Gasteiger partial charge is 0.159 e. The molecular weight excluding hydrogens is 336 g/mol. The van der Waals surface area contributed by atoms with E-state index in [1.807, 2.05) is 54.8 Å². The summed E-state index contributed by atoms with van der Waals surface area (Å²) in [6.07, 6.45) is 12.5. The fourth-order valence-corrected chi connectivity index (χ4v) is 2.95. The summed E-state index contributed by atoms with van der Waals surface area (Å²) in [5, 5.41) is 8.68. The van der Waals surface area contributed by atoms with Crippen LogP contribution in [-0.2, 0) is 7.05 Å². The topological polar surface area (TPSA) is 61.4 Å². The zero-order chi connectivity index (χ0) is 18.8. The summed E-state index contributed by atoms with van der Waals surface area (Å²) in [5.41, 5.74) is 5.16. The van der Waals surface area contributed by atoms with Crippen LogP contribution in [0, 0.1) is 0 Å². The molecule has 136 valence electrons. The van der Waals surface area contributed by atoms with Gasteiger partial charge in [0.1, 0.15) is 0 Å². The number of nitrogens with zero attached hydrogens (tertiary/aromatic N) is 6. The molecule has 1 unspecified atom stereocenters. The van der Waals surface area contributed by atoms with Gasteiger partial charge in [0.15, 0.2) is 5.82 Å². The fraction of sp³-hybridized carbons (Fsp3) is 0.238. The van der Waals surface area contributed by atoms with Gasteiger partial charge in [-0.2, -0.15) is 10.2 Å². The van der Waals surface area contributed by atoms with Crippen LogP contribution >= 0.6 is 0 Å². The zero-order valence-corrected chi connectivity index (χ0v) is 15.7. The van der Waals surface area contributed by atoms with E-state index in [0.717, 1.165) is 34.2 Å². The van der Waals surface area contributed by atoms with Gasteiger partial charge < -0.3 is 0 Å². The van der Waals surface area contributed by atoms with Crippen molar-refractivity contribution in [3.05, 3.63) is 61.4 Å². The molecular formula is C21H22N6. The largest absolute Gasteiger partial charge is 0.275 e. The van der Waals surface area contributed by atoms with E-state index in [2.05, 4.69) is 52.3 Å². The standard InChI is InChI=1S/C21H22N6/c1-4-15(2)27-14-20(12-25-27)18-9-22-21(23-10-18)17-7-5-6-16(8-17)19-11-24-26(3)13-19/h5-15H,4H2,1-3H3. The first kappa shape index (κ1) is 17.1. The molecule has 3 aromatic heterocycles. The van der Waals surface area contributed by atoms with Crippen molar-refractivity contribution in [1.29, 1.82) is 0 Å². The van der Waals surface area contributed by atoms with Crippen LogP contribution in [0.1, 0.15) is 26.3 Å². The predicted octanol–water partition coefficient (Wildman–Crippen LogP) is 4.38. The Kier molecular flexibility index (Phi) is 4.54. The van der Waals surface area contributed by atoms with E-state index < -0.39 is 0 Å². The van der Waals surface area contributed by atoms with E-state index in [1.54, 1.807) is 4.68 Å². The number of aryl methyl sites for hydroxylation is 1. The SMILES string of the molecule is CCC(C)n1cc(-c2cnc(-c3cccc(-c4cnn(C)c4)c3)nc2)cn1. The Balaban J connectivity index is 1.60. The van der Waals surface area contributed by atoms with E-state index in [1.165, 1.54) is 0 Å². The van der Waals surface area contributed by atoms with Crippen LogP contribution in [0.3, 0.4) is 0 Å². The highest BCUT2D eigenvalue weighted by Crippen LogP contribution is 2.25. The van der Waals surface area contributed by atoms with Gasteiger partial charge in [-0.15, -0.1) is 0 Å². The first-order chi connectivity index (χ1) is 13.1. The Morgan fingerprint density at radius 1 is 0.852 bits per heavy atom. The Bertz CT molecular complexity index is 1040. The highest BCUT2D eigenvalue weighted by molar-refractivity contribution is 5.70. The van der Waals surface area contributed by atoms with Gasteiger partial charge >= 0.3 is 0 Å². The molecule has 0 saturated heterocycles. The summed E-state index contributed by atoms with van der Waals surface area (Å²) >= 11 is 0. The third kappa shape index (κ3) is 3.51. The van der Waals surface area contributed by atoms with Gasteiger partial charge in [0.2, 0.25) is 0 Å². The lowest BCUT2D eigenvalue weighted by atomic mass is 10.1. The van der Waals surface area contributed by atoms with Gasteiger partial charge in [-0.3, -0.25) is 9.36 Å². The van der Waals surface area contributed by atoms with Crippen LogP contribution in [0.4, 0.5) is 0 Å². The van der Waals surface area contributed by atoms with Crippen molar-refractivity contribution in [2.75, 3.05) is 0 Å². The average Bonchev–Trinajstić information content (AvgIpc) is 3.37. The van der Waals surface area contributed by atoms with Crippen LogP contribution in [-0.4, -0.2) is 29.5 Å². The molecule has 3 heterocycles. The molecule has 1 atom stereocenters. The van der Waals surface area contributed by atoms with Gasteiger partial charge in [0, 0.05) is 60.1 Å². The van der Waals surface area contributed by atoms with Gasteiger partial charge in [-0.1, -0.05) is 25.1 Å². The summed E-state index contributed by atoms with van der Waals surface area (Å²) in [6, 6.07) is 8.58. The molecule has 4 rings (SSSR count). The van der Waals surface area contributed by atoms with Crippen molar-refractivity contribution in [2.45, 2.75) is 26.3 Å². The van der Waals surface area contributed by atoms with Crippen molar-refractivity contribution < 1.29 is 0 Å². The molecule has 0 radical (unpaired) electrons. The lowest BCUT2D eigenvalue weighted by molar-refractivity contribution is 0.478. The zero-order valence-electron chi connectivity index (χ0n) is 15.7. The van der Waals surface area contributed by atoms with E-state index >= 15 is 0 Å². The Morgan fingerprint density at radius 2 is 1.56 bits per heavy atom. The van der Waals surface area contributed by atoms with Crippen LogP contribution in [0.5, 0.6) is 0 Å². The maximum absolute atomic E-state index is 4.57. The molecule has 0 spiro atoms. The average molecular weight is 358 g/mol. The maximum atomic E-state index is 4.57. The Hall–Kier alpha value is -3.28. The van der Waals surface area contributed by atoms with Crippen molar-refractivity contribution in [3.8, 4) is 33.6 Å². The summed E-state index contributed by atoms with van der Waals surface area (Å²) < 4.78 is 3.79. The molecule has 4 aromatic rings. The van der Waals surface area contributed by atoms with Crippen LogP contribution < -0.4 is 0 Å². The molecule has 0 fully saturated rings. The summed E-state index contributed by atoms with van der Waals surface area (Å²) in [4.78, 5) is 9.14. The van der Waals surface area contributed by atoms with Gasteiger partial charge in [-0.25, -0.2) is 9.97 Å². The Labute approximate surface area is 158 Å². The van der Waals surface area contributed by atoms with Crippen LogP contribution in [0.2, 0.25) is 0 Å². The first-order valence-corrected chi connectivity index (χ1v) is 9.10. The molecule has 27 heavy (non-hydrogen) atoms. The first-order valence-electron chi connectivity index (χ1n) is 9.10. The highest BCUT2D eigenvalue weighted by Gasteiger charge is 2.09. The summed E-state index contributed by atoms with van der Waals surface area (Å²) in [6.45, 7) is 4.31. The second-order valence-corrected chi connectivity index (χ2v) is 6.75. The van der Waals surface area contributed by atoms with E-state index in [0.29, 0.717) is 11.9 Å². The minimum atomic E-state index is 0.383. The predicted molar refractivity (Wildman–Crippen MR) is 106 cm³/mol. The molecule has 0 aliphatic carbocycles.